The maximum atomic E-state index is 13.8. The third-order valence-corrected chi connectivity index (χ3v) is 8.64. The Kier molecular flexibility index (Phi) is 9.01. The third kappa shape index (κ3) is 6.98. The molecule has 48 heavy (non-hydrogen) atoms. The molecule has 0 N–H and O–H groups in total. The van der Waals surface area contributed by atoms with Crippen LogP contribution < -0.4 is 0 Å². The first-order chi connectivity index (χ1) is 22.3. The highest BCUT2D eigenvalue weighted by Gasteiger charge is 2.44. The Labute approximate surface area is 270 Å². The number of thiazole rings is 1. The van der Waals surface area contributed by atoms with Gasteiger partial charge < -0.3 is 9.47 Å². The number of carbonyl (C=O) groups is 2. The highest BCUT2D eigenvalue weighted by Crippen LogP contribution is 2.42. The minimum atomic E-state index is -5.15. The Balaban J connectivity index is 1.51. The molecule has 4 aromatic rings. The minimum absolute atomic E-state index is 0.0482. The second-order valence-corrected chi connectivity index (χ2v) is 11.8. The van der Waals surface area contributed by atoms with Crippen molar-refractivity contribution < 1.29 is 58.6 Å². The van der Waals surface area contributed by atoms with Crippen molar-refractivity contribution in [1.82, 2.24) is 9.88 Å². The van der Waals surface area contributed by atoms with Crippen LogP contribution in [0.5, 0.6) is 0 Å². The molecule has 2 heterocycles. The van der Waals surface area contributed by atoms with E-state index in [2.05, 4.69) is 4.98 Å². The van der Waals surface area contributed by atoms with E-state index in [0.717, 1.165) is 28.4 Å². The van der Waals surface area contributed by atoms with Gasteiger partial charge in [-0.15, -0.1) is 11.3 Å². The van der Waals surface area contributed by atoms with Crippen LogP contribution in [0.4, 0.5) is 44.3 Å². The number of ether oxygens (including phenoxy) is 2. The summed E-state index contributed by atoms with van der Waals surface area (Å²) in [7, 11) is 1.23. The van der Waals surface area contributed by atoms with Crippen LogP contribution >= 0.6 is 11.3 Å². The summed E-state index contributed by atoms with van der Waals surface area (Å²) in [5.41, 5.74) is -2.69. The zero-order chi connectivity index (χ0) is 35.3. The summed E-state index contributed by atoms with van der Waals surface area (Å²) in [6.07, 6.45) is -17.8. The van der Waals surface area contributed by atoms with E-state index in [-0.39, 0.29) is 22.2 Å². The van der Waals surface area contributed by atoms with Crippen LogP contribution in [0.2, 0.25) is 0 Å². The zero-order valence-electron chi connectivity index (χ0n) is 25.0. The monoisotopic (exact) mass is 702 g/mol. The molecule has 6 nitrogen and oxygen atoms in total. The second-order valence-electron chi connectivity index (χ2n) is 10.9. The molecule has 16 heteroatoms. The standard InChI is InChI=1S/C32H23F9N2O4S/c1-15-8-17(28(44)46-3)4-6-23(15)25-14-48-27(42-25)24-7-5-20(30(33,34)35)11-19(24)13-43-16(2)26(47-29(43)45)18-9-21(31(36,37)38)12-22(10-18)32(39,40)41/h4-12,14,16,26H,13H2,1-3H3/t16-,26-/m0/s1. The summed E-state index contributed by atoms with van der Waals surface area (Å²) in [6, 6.07) is 7.17. The van der Waals surface area contributed by atoms with Gasteiger partial charge in [-0.3, -0.25) is 4.90 Å². The molecule has 1 saturated heterocycles. The number of methoxy groups -OCH3 is 1. The van der Waals surface area contributed by atoms with E-state index in [4.69, 9.17) is 9.47 Å². The lowest BCUT2D eigenvalue weighted by molar-refractivity contribution is -0.143. The fourth-order valence-electron chi connectivity index (χ4n) is 5.31. The van der Waals surface area contributed by atoms with Crippen LogP contribution in [0, 0.1) is 6.92 Å². The lowest BCUT2D eigenvalue weighted by Gasteiger charge is -2.23. The summed E-state index contributed by atoms with van der Waals surface area (Å²) < 4.78 is 132. The Hall–Kier alpha value is -4.60. The van der Waals surface area contributed by atoms with Crippen LogP contribution in [0.15, 0.2) is 60.0 Å². The molecule has 1 amide bonds. The van der Waals surface area contributed by atoms with Crippen molar-refractivity contribution in [1.29, 1.82) is 0 Å². The number of nitrogens with zero attached hydrogens (tertiary/aromatic N) is 2. The molecule has 0 aliphatic carbocycles. The average Bonchev–Trinajstić information content (AvgIpc) is 3.60. The molecule has 0 spiro atoms. The van der Waals surface area contributed by atoms with Crippen molar-refractivity contribution in [3.05, 3.63) is 98.9 Å². The number of rotatable bonds is 6. The van der Waals surface area contributed by atoms with Gasteiger partial charge in [0.05, 0.1) is 47.6 Å². The van der Waals surface area contributed by atoms with Gasteiger partial charge in [-0.1, -0.05) is 12.1 Å². The maximum absolute atomic E-state index is 13.8. The predicted molar refractivity (Wildman–Crippen MR) is 155 cm³/mol. The van der Waals surface area contributed by atoms with Crippen LogP contribution in [-0.2, 0) is 34.5 Å². The van der Waals surface area contributed by atoms with Gasteiger partial charge in [0, 0.05) is 16.5 Å². The lowest BCUT2D eigenvalue weighted by atomic mass is 9.97. The van der Waals surface area contributed by atoms with Crippen molar-refractivity contribution in [2.45, 2.75) is 51.1 Å². The molecule has 1 fully saturated rings. The number of hydrogen-bond donors (Lipinski definition) is 0. The van der Waals surface area contributed by atoms with Gasteiger partial charge in [0.1, 0.15) is 11.1 Å². The van der Waals surface area contributed by atoms with E-state index < -0.39 is 71.5 Å². The van der Waals surface area contributed by atoms with Crippen molar-refractivity contribution >= 4 is 23.4 Å². The Bertz CT molecular complexity index is 1850. The Morgan fingerprint density at radius 1 is 0.875 bits per heavy atom. The van der Waals surface area contributed by atoms with E-state index in [1.807, 2.05) is 0 Å². The van der Waals surface area contributed by atoms with Crippen molar-refractivity contribution in [2.75, 3.05) is 7.11 Å². The van der Waals surface area contributed by atoms with E-state index in [9.17, 15) is 49.1 Å². The summed E-state index contributed by atoms with van der Waals surface area (Å²) in [5, 5.41) is 1.90. The van der Waals surface area contributed by atoms with E-state index in [1.54, 1.807) is 24.4 Å². The fourth-order valence-corrected chi connectivity index (χ4v) is 6.19. The number of alkyl halides is 9. The largest absolute Gasteiger partial charge is 0.465 e. The van der Waals surface area contributed by atoms with Gasteiger partial charge in [-0.2, -0.15) is 39.5 Å². The molecule has 1 aliphatic rings. The molecular formula is C32H23F9N2O4S. The fraction of sp³-hybridized carbons (Fsp3) is 0.281. The van der Waals surface area contributed by atoms with Crippen LogP contribution in [-0.4, -0.2) is 35.1 Å². The topological polar surface area (TPSA) is 68.7 Å². The second kappa shape index (κ2) is 12.5. The molecule has 1 aromatic heterocycles. The molecule has 5 rings (SSSR count). The number of amides is 1. The van der Waals surface area contributed by atoms with Gasteiger partial charge in [-0.25, -0.2) is 14.6 Å². The molecule has 0 unspecified atom stereocenters. The number of aryl methyl sites for hydroxylation is 1. The van der Waals surface area contributed by atoms with Gasteiger partial charge in [0.15, 0.2) is 0 Å². The first kappa shape index (κ1) is 34.7. The minimum Gasteiger partial charge on any atom is -0.465 e. The van der Waals surface area contributed by atoms with Crippen LogP contribution in [0.25, 0.3) is 21.8 Å². The predicted octanol–water partition coefficient (Wildman–Crippen LogP) is 9.71. The lowest BCUT2D eigenvalue weighted by Crippen LogP contribution is -2.32. The smallest absolute Gasteiger partial charge is 0.416 e. The number of halogens is 9. The number of benzene rings is 3. The molecule has 2 atom stereocenters. The average molecular weight is 703 g/mol. The summed E-state index contributed by atoms with van der Waals surface area (Å²) >= 11 is 1.08. The van der Waals surface area contributed by atoms with Crippen molar-refractivity contribution in [3.63, 3.8) is 0 Å². The molecule has 0 radical (unpaired) electrons. The summed E-state index contributed by atoms with van der Waals surface area (Å²) in [4.78, 5) is 30.4. The highest BCUT2D eigenvalue weighted by molar-refractivity contribution is 7.13. The maximum Gasteiger partial charge on any atom is 0.416 e. The third-order valence-electron chi connectivity index (χ3n) is 7.76. The van der Waals surface area contributed by atoms with E-state index in [0.29, 0.717) is 34.5 Å². The summed E-state index contributed by atoms with van der Waals surface area (Å²) in [5.74, 6) is -0.552. The van der Waals surface area contributed by atoms with Crippen LogP contribution in [0.3, 0.4) is 0 Å². The van der Waals surface area contributed by atoms with Gasteiger partial charge in [-0.05, 0) is 73.0 Å². The van der Waals surface area contributed by atoms with Crippen LogP contribution in [0.1, 0.15) is 56.8 Å². The van der Waals surface area contributed by atoms with Crippen molar-refractivity contribution in [2.24, 2.45) is 0 Å². The molecular weight excluding hydrogens is 679 g/mol. The quantitative estimate of drug-likeness (QED) is 0.148. The molecule has 3 aromatic carbocycles. The van der Waals surface area contributed by atoms with E-state index >= 15 is 0 Å². The first-order valence-corrected chi connectivity index (χ1v) is 14.8. The number of hydrogen-bond acceptors (Lipinski definition) is 6. The van der Waals surface area contributed by atoms with Crippen molar-refractivity contribution in [3.8, 4) is 21.8 Å². The number of cyclic esters (lactones) is 1. The normalized spacial score (nSPS) is 17.1. The SMILES string of the molecule is COC(=O)c1ccc(-c2csc(-c3ccc(C(F)(F)F)cc3CN3C(=O)O[C@H](c4cc(C(F)(F)F)cc(C(F)(F)F)c4)[C@@H]3C)n2)c(C)c1. The van der Waals surface area contributed by atoms with Gasteiger partial charge in [0.2, 0.25) is 0 Å². The van der Waals surface area contributed by atoms with E-state index in [1.165, 1.54) is 26.2 Å². The number of esters is 1. The highest BCUT2D eigenvalue weighted by atomic mass is 32.1. The Morgan fingerprint density at radius 3 is 2.04 bits per heavy atom. The Morgan fingerprint density at radius 2 is 1.48 bits per heavy atom. The zero-order valence-corrected chi connectivity index (χ0v) is 25.8. The molecule has 0 bridgehead atoms. The number of aromatic nitrogens is 1. The molecule has 1 aliphatic heterocycles. The first-order valence-electron chi connectivity index (χ1n) is 13.9. The number of carbonyl (C=O) groups excluding carboxylic acids is 2. The summed E-state index contributed by atoms with van der Waals surface area (Å²) in [6.45, 7) is 2.49. The van der Waals surface area contributed by atoms with Gasteiger partial charge in [0.25, 0.3) is 0 Å². The van der Waals surface area contributed by atoms with Gasteiger partial charge >= 0.3 is 30.6 Å². The molecule has 254 valence electrons. The molecule has 0 saturated carbocycles.